The van der Waals surface area contributed by atoms with E-state index in [4.69, 9.17) is 4.74 Å². The highest BCUT2D eigenvalue weighted by Crippen LogP contribution is 2.23. The van der Waals surface area contributed by atoms with Crippen molar-refractivity contribution in [2.75, 3.05) is 6.61 Å². The Kier molecular flexibility index (Phi) is 3.16. The monoisotopic (exact) mass is 246 g/mol. The molecule has 0 saturated carbocycles. The molecule has 1 aromatic carbocycles. The van der Waals surface area contributed by atoms with Gasteiger partial charge in [0.15, 0.2) is 0 Å². The minimum atomic E-state index is 0.693. The molecule has 0 aliphatic carbocycles. The molecule has 0 atom stereocenters. The maximum atomic E-state index is 5.40. The normalized spacial score (nSPS) is 14.6. The van der Waals surface area contributed by atoms with E-state index < -0.39 is 0 Å². The summed E-state index contributed by atoms with van der Waals surface area (Å²) in [5, 5.41) is 5.66. The molecule has 1 aromatic heterocycles. The zero-order chi connectivity index (χ0) is 11.5. The molecule has 0 bridgehead atoms. The molecule has 0 fully saturated rings. The van der Waals surface area contributed by atoms with Crippen molar-refractivity contribution in [3.63, 3.8) is 0 Å². The SMILES string of the molecule is c1ccc(CSc2cc3n(n2)CCOC3)cc1. The summed E-state index contributed by atoms with van der Waals surface area (Å²) in [7, 11) is 0. The number of fused-ring (bicyclic) bond motifs is 1. The predicted octanol–water partition coefficient (Wildman–Crippen LogP) is 2.71. The van der Waals surface area contributed by atoms with Crippen LogP contribution in [0.15, 0.2) is 41.4 Å². The second kappa shape index (κ2) is 4.94. The van der Waals surface area contributed by atoms with Crippen LogP contribution in [0.25, 0.3) is 0 Å². The fraction of sp³-hybridized carbons (Fsp3) is 0.308. The molecule has 1 aliphatic rings. The molecule has 0 spiro atoms. The van der Waals surface area contributed by atoms with E-state index in [-0.39, 0.29) is 0 Å². The predicted molar refractivity (Wildman–Crippen MR) is 67.9 cm³/mol. The third kappa shape index (κ3) is 2.53. The largest absolute Gasteiger partial charge is 0.373 e. The van der Waals surface area contributed by atoms with Crippen LogP contribution in [0, 0.1) is 0 Å². The van der Waals surface area contributed by atoms with E-state index in [0.29, 0.717) is 6.61 Å². The standard InChI is InChI=1S/C13H14N2OS/c1-2-4-11(5-3-1)10-17-13-8-12-9-16-7-6-15(12)14-13/h1-5,8H,6-7,9-10H2. The fourth-order valence-electron chi connectivity index (χ4n) is 1.87. The Hall–Kier alpha value is -1.26. The first kappa shape index (κ1) is 10.9. The zero-order valence-corrected chi connectivity index (χ0v) is 10.3. The zero-order valence-electron chi connectivity index (χ0n) is 9.50. The second-order valence-electron chi connectivity index (χ2n) is 4.02. The van der Waals surface area contributed by atoms with Crippen molar-refractivity contribution >= 4 is 11.8 Å². The summed E-state index contributed by atoms with van der Waals surface area (Å²) in [6, 6.07) is 12.6. The highest BCUT2D eigenvalue weighted by molar-refractivity contribution is 7.98. The molecule has 0 saturated heterocycles. The average Bonchev–Trinajstić information content (AvgIpc) is 2.80. The molecule has 0 N–H and O–H groups in total. The summed E-state index contributed by atoms with van der Waals surface area (Å²) in [6.07, 6.45) is 0. The van der Waals surface area contributed by atoms with Crippen molar-refractivity contribution in [1.29, 1.82) is 0 Å². The summed E-state index contributed by atoms with van der Waals surface area (Å²) >= 11 is 1.78. The van der Waals surface area contributed by atoms with E-state index in [0.717, 1.165) is 23.9 Å². The highest BCUT2D eigenvalue weighted by Gasteiger charge is 2.12. The van der Waals surface area contributed by atoms with E-state index in [1.54, 1.807) is 11.8 Å². The average molecular weight is 246 g/mol. The van der Waals surface area contributed by atoms with E-state index in [9.17, 15) is 0 Å². The van der Waals surface area contributed by atoms with Crippen molar-refractivity contribution in [2.24, 2.45) is 0 Å². The maximum absolute atomic E-state index is 5.40. The topological polar surface area (TPSA) is 27.1 Å². The van der Waals surface area contributed by atoms with E-state index >= 15 is 0 Å². The maximum Gasteiger partial charge on any atom is 0.119 e. The van der Waals surface area contributed by atoms with Crippen LogP contribution < -0.4 is 0 Å². The third-order valence-electron chi connectivity index (χ3n) is 2.77. The van der Waals surface area contributed by atoms with Crippen LogP contribution in [0.4, 0.5) is 0 Å². The van der Waals surface area contributed by atoms with E-state index in [2.05, 4.69) is 40.1 Å². The van der Waals surface area contributed by atoms with Gasteiger partial charge in [0.1, 0.15) is 5.03 Å². The lowest BCUT2D eigenvalue weighted by Gasteiger charge is -2.12. The van der Waals surface area contributed by atoms with Crippen molar-refractivity contribution in [1.82, 2.24) is 9.78 Å². The molecule has 0 unspecified atom stereocenters. The number of nitrogens with zero attached hydrogens (tertiary/aromatic N) is 2. The second-order valence-corrected chi connectivity index (χ2v) is 5.02. The molecule has 3 rings (SSSR count). The van der Waals surface area contributed by atoms with Crippen molar-refractivity contribution < 1.29 is 4.74 Å². The van der Waals surface area contributed by atoms with Gasteiger partial charge in [0, 0.05) is 5.75 Å². The van der Waals surface area contributed by atoms with E-state index in [1.807, 2.05) is 6.07 Å². The molecule has 0 radical (unpaired) electrons. The number of hydrogen-bond acceptors (Lipinski definition) is 3. The Labute approximate surface area is 105 Å². The van der Waals surface area contributed by atoms with Crippen molar-refractivity contribution in [3.8, 4) is 0 Å². The van der Waals surface area contributed by atoms with Crippen LogP contribution in [-0.2, 0) is 23.6 Å². The summed E-state index contributed by atoms with van der Waals surface area (Å²) < 4.78 is 7.45. The van der Waals surface area contributed by atoms with Gasteiger partial charge in [-0.15, -0.1) is 0 Å². The number of hydrogen-bond donors (Lipinski definition) is 0. The highest BCUT2D eigenvalue weighted by atomic mass is 32.2. The summed E-state index contributed by atoms with van der Waals surface area (Å²) in [5.41, 5.74) is 2.52. The van der Waals surface area contributed by atoms with Gasteiger partial charge in [0.25, 0.3) is 0 Å². The quantitative estimate of drug-likeness (QED) is 0.779. The third-order valence-corrected chi connectivity index (χ3v) is 3.74. The lowest BCUT2D eigenvalue weighted by atomic mass is 10.2. The van der Waals surface area contributed by atoms with Gasteiger partial charge in [0.05, 0.1) is 25.5 Å². The summed E-state index contributed by atoms with van der Waals surface area (Å²) in [4.78, 5) is 0. The van der Waals surface area contributed by atoms with Crippen LogP contribution in [0.3, 0.4) is 0 Å². The molecule has 3 nitrogen and oxygen atoms in total. The van der Waals surface area contributed by atoms with Gasteiger partial charge in [-0.1, -0.05) is 42.1 Å². The molecule has 2 heterocycles. The first-order valence-electron chi connectivity index (χ1n) is 5.73. The summed E-state index contributed by atoms with van der Waals surface area (Å²) in [5.74, 6) is 0.970. The molecule has 4 heteroatoms. The van der Waals surface area contributed by atoms with Gasteiger partial charge < -0.3 is 4.74 Å². The Balaban J connectivity index is 1.67. The van der Waals surface area contributed by atoms with Gasteiger partial charge >= 0.3 is 0 Å². The van der Waals surface area contributed by atoms with E-state index in [1.165, 1.54) is 11.3 Å². The van der Waals surface area contributed by atoms with Crippen LogP contribution >= 0.6 is 11.8 Å². The van der Waals surface area contributed by atoms with Crippen LogP contribution in [-0.4, -0.2) is 16.4 Å². The Morgan fingerprint density at radius 1 is 1.29 bits per heavy atom. The van der Waals surface area contributed by atoms with Gasteiger partial charge in [-0.25, -0.2) is 0 Å². The summed E-state index contributed by atoms with van der Waals surface area (Å²) in [6.45, 7) is 2.34. The number of rotatable bonds is 3. The van der Waals surface area contributed by atoms with Crippen molar-refractivity contribution in [2.45, 2.75) is 23.9 Å². The number of ether oxygens (including phenoxy) is 1. The van der Waals surface area contributed by atoms with Gasteiger partial charge in [0.2, 0.25) is 0 Å². The number of benzene rings is 1. The van der Waals surface area contributed by atoms with Gasteiger partial charge in [-0.2, -0.15) is 5.10 Å². The van der Waals surface area contributed by atoms with Crippen LogP contribution in [0.2, 0.25) is 0 Å². The van der Waals surface area contributed by atoms with Gasteiger partial charge in [-0.05, 0) is 11.6 Å². The minimum absolute atomic E-state index is 0.693. The lowest BCUT2D eigenvalue weighted by Crippen LogP contribution is -2.16. The Morgan fingerprint density at radius 3 is 3.00 bits per heavy atom. The van der Waals surface area contributed by atoms with Crippen LogP contribution in [0.1, 0.15) is 11.3 Å². The molecule has 88 valence electrons. The van der Waals surface area contributed by atoms with Crippen LogP contribution in [0.5, 0.6) is 0 Å². The molecule has 0 amide bonds. The molecule has 17 heavy (non-hydrogen) atoms. The first-order valence-corrected chi connectivity index (χ1v) is 6.71. The smallest absolute Gasteiger partial charge is 0.119 e. The van der Waals surface area contributed by atoms with Gasteiger partial charge in [-0.3, -0.25) is 4.68 Å². The first-order chi connectivity index (χ1) is 8.42. The van der Waals surface area contributed by atoms with Crippen molar-refractivity contribution in [3.05, 3.63) is 47.7 Å². The number of aromatic nitrogens is 2. The molecule has 1 aliphatic heterocycles. The fourth-order valence-corrected chi connectivity index (χ4v) is 2.75. The number of thioether (sulfide) groups is 1. The minimum Gasteiger partial charge on any atom is -0.373 e. The Morgan fingerprint density at radius 2 is 2.18 bits per heavy atom. The molecular weight excluding hydrogens is 232 g/mol. The molecule has 2 aromatic rings. The lowest BCUT2D eigenvalue weighted by molar-refractivity contribution is 0.0799. The molecular formula is C13H14N2OS. The Bertz CT molecular complexity index is 472.